The summed E-state index contributed by atoms with van der Waals surface area (Å²) in [5, 5.41) is 3.25. The second-order valence-corrected chi connectivity index (χ2v) is 3.96. The van der Waals surface area contributed by atoms with E-state index in [1.54, 1.807) is 0 Å². The van der Waals surface area contributed by atoms with E-state index in [0.29, 0.717) is 5.39 Å². The van der Waals surface area contributed by atoms with Crippen LogP contribution in [-0.2, 0) is 6.18 Å². The van der Waals surface area contributed by atoms with E-state index in [1.165, 1.54) is 6.20 Å². The Hall–Kier alpha value is -1.99. The average Bonchev–Trinajstić information content (AvgIpc) is 2.26. The van der Waals surface area contributed by atoms with Crippen LogP contribution < -0.4 is 5.32 Å². The molecule has 0 aromatic carbocycles. The molecule has 0 saturated heterocycles. The maximum atomic E-state index is 12.4. The van der Waals surface area contributed by atoms with Gasteiger partial charge >= 0.3 is 6.18 Å². The molecule has 18 heavy (non-hydrogen) atoms. The maximum Gasteiger partial charge on any atom is 0.451 e. The largest absolute Gasteiger partial charge is 0.451 e. The zero-order chi connectivity index (χ0) is 13.3. The van der Waals surface area contributed by atoms with Crippen molar-refractivity contribution in [2.75, 3.05) is 5.32 Å². The second-order valence-electron chi connectivity index (χ2n) is 3.96. The number of hydrogen-bond acceptors (Lipinski definition) is 5. The van der Waals surface area contributed by atoms with Gasteiger partial charge in [-0.05, 0) is 13.8 Å². The first-order valence-electron chi connectivity index (χ1n) is 5.20. The van der Waals surface area contributed by atoms with Gasteiger partial charge in [-0.15, -0.1) is 0 Å². The first-order valence-corrected chi connectivity index (χ1v) is 5.20. The zero-order valence-electron chi connectivity index (χ0n) is 9.65. The standard InChI is InChI=1S/C10H10F3N5/c1-5(2)16-9-15-4-6-3-14-8(10(11,12)13)17-7(6)18-9/h3-5H,1-2H3,(H,14,15,16,17,18). The minimum Gasteiger partial charge on any atom is -0.352 e. The molecule has 5 nitrogen and oxygen atoms in total. The fourth-order valence-corrected chi connectivity index (χ4v) is 1.29. The summed E-state index contributed by atoms with van der Waals surface area (Å²) in [4.78, 5) is 14.5. The van der Waals surface area contributed by atoms with Crippen LogP contribution in [0, 0.1) is 0 Å². The summed E-state index contributed by atoms with van der Waals surface area (Å²) in [7, 11) is 0. The van der Waals surface area contributed by atoms with E-state index in [-0.39, 0.29) is 17.6 Å². The highest BCUT2D eigenvalue weighted by Gasteiger charge is 2.34. The molecule has 96 valence electrons. The van der Waals surface area contributed by atoms with Crippen LogP contribution in [0.25, 0.3) is 11.0 Å². The molecule has 0 fully saturated rings. The summed E-state index contributed by atoms with van der Waals surface area (Å²) < 4.78 is 37.3. The van der Waals surface area contributed by atoms with Crippen molar-refractivity contribution in [3.05, 3.63) is 18.2 Å². The summed E-state index contributed by atoms with van der Waals surface area (Å²) in [6, 6.07) is 0.0753. The van der Waals surface area contributed by atoms with Crippen molar-refractivity contribution in [2.24, 2.45) is 0 Å². The zero-order valence-corrected chi connectivity index (χ0v) is 9.65. The first-order chi connectivity index (χ1) is 8.36. The number of nitrogens with one attached hydrogen (secondary N) is 1. The van der Waals surface area contributed by atoms with Crippen molar-refractivity contribution in [2.45, 2.75) is 26.1 Å². The third-order valence-corrected chi connectivity index (χ3v) is 2.00. The minimum absolute atomic E-state index is 0.0320. The number of aromatic nitrogens is 4. The van der Waals surface area contributed by atoms with Crippen LogP contribution in [-0.4, -0.2) is 26.0 Å². The maximum absolute atomic E-state index is 12.4. The molecule has 2 heterocycles. The highest BCUT2D eigenvalue weighted by Crippen LogP contribution is 2.26. The first kappa shape index (κ1) is 12.5. The highest BCUT2D eigenvalue weighted by atomic mass is 19.4. The van der Waals surface area contributed by atoms with Crippen molar-refractivity contribution < 1.29 is 13.2 Å². The third kappa shape index (κ3) is 2.63. The van der Waals surface area contributed by atoms with Gasteiger partial charge in [0.05, 0.1) is 5.39 Å². The average molecular weight is 257 g/mol. The van der Waals surface area contributed by atoms with Crippen LogP contribution in [0.5, 0.6) is 0 Å². The highest BCUT2D eigenvalue weighted by molar-refractivity contribution is 5.73. The van der Waals surface area contributed by atoms with Gasteiger partial charge in [-0.2, -0.15) is 18.2 Å². The van der Waals surface area contributed by atoms with Crippen molar-refractivity contribution in [1.29, 1.82) is 0 Å². The fraction of sp³-hybridized carbons (Fsp3) is 0.400. The van der Waals surface area contributed by atoms with Gasteiger partial charge in [-0.3, -0.25) is 0 Å². The minimum atomic E-state index is -4.58. The summed E-state index contributed by atoms with van der Waals surface area (Å²) in [6.07, 6.45) is -2.14. The van der Waals surface area contributed by atoms with Crippen LogP contribution in [0.2, 0.25) is 0 Å². The van der Waals surface area contributed by atoms with E-state index in [9.17, 15) is 13.2 Å². The lowest BCUT2D eigenvalue weighted by atomic mass is 10.4. The molecule has 0 atom stereocenters. The van der Waals surface area contributed by atoms with Gasteiger partial charge in [-0.25, -0.2) is 15.0 Å². The Kier molecular flexibility index (Phi) is 3.02. The van der Waals surface area contributed by atoms with Gasteiger partial charge in [0, 0.05) is 18.4 Å². The lowest BCUT2D eigenvalue weighted by Crippen LogP contribution is -2.14. The normalized spacial score (nSPS) is 12.1. The predicted molar refractivity (Wildman–Crippen MR) is 58.9 cm³/mol. The molecule has 0 unspecified atom stereocenters. The second kappa shape index (κ2) is 4.35. The van der Waals surface area contributed by atoms with Crippen LogP contribution in [0.15, 0.2) is 12.4 Å². The molecule has 0 saturated carbocycles. The number of halogens is 3. The number of fused-ring (bicyclic) bond motifs is 1. The molecule has 0 amide bonds. The smallest absolute Gasteiger partial charge is 0.352 e. The van der Waals surface area contributed by atoms with Crippen LogP contribution in [0.1, 0.15) is 19.7 Å². The van der Waals surface area contributed by atoms with Crippen molar-refractivity contribution in [1.82, 2.24) is 19.9 Å². The molecule has 0 spiro atoms. The van der Waals surface area contributed by atoms with Crippen molar-refractivity contribution >= 4 is 17.0 Å². The molecule has 8 heteroatoms. The van der Waals surface area contributed by atoms with Crippen molar-refractivity contribution in [3.8, 4) is 0 Å². The Bertz CT molecular complexity index is 567. The molecule has 0 bridgehead atoms. The lowest BCUT2D eigenvalue weighted by Gasteiger charge is -2.09. The van der Waals surface area contributed by atoms with E-state index < -0.39 is 12.0 Å². The summed E-state index contributed by atoms with van der Waals surface area (Å²) >= 11 is 0. The number of nitrogens with zero attached hydrogens (tertiary/aromatic N) is 4. The molecule has 2 aromatic rings. The van der Waals surface area contributed by atoms with E-state index in [4.69, 9.17) is 0 Å². The summed E-state index contributed by atoms with van der Waals surface area (Å²) in [5.41, 5.74) is -0.0320. The molecule has 0 aliphatic carbocycles. The van der Waals surface area contributed by atoms with Crippen molar-refractivity contribution in [3.63, 3.8) is 0 Å². The SMILES string of the molecule is CC(C)Nc1ncc2cnc(C(F)(F)F)nc2n1. The molecule has 1 N–H and O–H groups in total. The quantitative estimate of drug-likeness (QED) is 0.894. The monoisotopic (exact) mass is 257 g/mol. The fourth-order valence-electron chi connectivity index (χ4n) is 1.29. The topological polar surface area (TPSA) is 63.6 Å². The van der Waals surface area contributed by atoms with Gasteiger partial charge in [0.1, 0.15) is 0 Å². The molecule has 0 radical (unpaired) electrons. The van der Waals surface area contributed by atoms with E-state index in [1.807, 2.05) is 13.8 Å². The van der Waals surface area contributed by atoms with Gasteiger partial charge in [0.2, 0.25) is 11.8 Å². The van der Waals surface area contributed by atoms with Gasteiger partial charge in [-0.1, -0.05) is 0 Å². The Balaban J connectivity index is 2.46. The Morgan fingerprint density at radius 1 is 1.11 bits per heavy atom. The van der Waals surface area contributed by atoms with Crippen LogP contribution in [0.3, 0.4) is 0 Å². The Labute approximate surface area is 100 Å². The Morgan fingerprint density at radius 2 is 1.78 bits per heavy atom. The molecular weight excluding hydrogens is 247 g/mol. The third-order valence-electron chi connectivity index (χ3n) is 2.00. The van der Waals surface area contributed by atoms with E-state index in [2.05, 4.69) is 25.3 Å². The lowest BCUT2D eigenvalue weighted by molar-refractivity contribution is -0.144. The molecule has 0 aliphatic heterocycles. The van der Waals surface area contributed by atoms with Gasteiger partial charge in [0.15, 0.2) is 5.65 Å². The molecule has 2 rings (SSSR count). The van der Waals surface area contributed by atoms with E-state index in [0.717, 1.165) is 6.20 Å². The number of hydrogen-bond donors (Lipinski definition) is 1. The summed E-state index contributed by atoms with van der Waals surface area (Å²) in [5.74, 6) is -0.964. The summed E-state index contributed by atoms with van der Waals surface area (Å²) in [6.45, 7) is 3.74. The van der Waals surface area contributed by atoms with Crippen LogP contribution in [0.4, 0.5) is 19.1 Å². The number of anilines is 1. The Morgan fingerprint density at radius 3 is 2.39 bits per heavy atom. The molecule has 0 aliphatic rings. The van der Waals surface area contributed by atoms with Gasteiger partial charge in [0.25, 0.3) is 0 Å². The predicted octanol–water partition coefficient (Wildman–Crippen LogP) is 2.26. The molecule has 2 aromatic heterocycles. The van der Waals surface area contributed by atoms with Gasteiger partial charge < -0.3 is 5.32 Å². The van der Waals surface area contributed by atoms with Crippen LogP contribution >= 0.6 is 0 Å². The molecular formula is C10H10F3N5. The number of rotatable bonds is 2. The van der Waals surface area contributed by atoms with E-state index >= 15 is 0 Å². The number of alkyl halides is 3.